The van der Waals surface area contributed by atoms with Crippen LogP contribution >= 0.6 is 0 Å². The average molecular weight is 354 g/mol. The molecule has 7 nitrogen and oxygen atoms in total. The summed E-state index contributed by atoms with van der Waals surface area (Å²) in [5.74, 6) is -0.120. The van der Waals surface area contributed by atoms with Gasteiger partial charge >= 0.3 is 5.97 Å². The van der Waals surface area contributed by atoms with Crippen LogP contribution < -0.4 is 4.72 Å². The monoisotopic (exact) mass is 354 g/mol. The summed E-state index contributed by atoms with van der Waals surface area (Å²) in [5.41, 5.74) is -2.46. The number of terminal acetylenes is 1. The highest BCUT2D eigenvalue weighted by atomic mass is 32.2. The molecule has 128 valence electrons. The minimum Gasteiger partial charge on any atom is -0.479 e. The minimum absolute atomic E-state index is 0.0215. The number of hydrogen-bond donors (Lipinski definition) is 2. The molecular formula is C15H15FN2O5S. The molecule has 0 radical (unpaired) electrons. The number of carbonyl (C=O) groups is 2. The summed E-state index contributed by atoms with van der Waals surface area (Å²) >= 11 is 0. The van der Waals surface area contributed by atoms with E-state index in [4.69, 9.17) is 11.5 Å². The van der Waals surface area contributed by atoms with Crippen molar-refractivity contribution in [3.05, 3.63) is 29.8 Å². The molecule has 0 aromatic heterocycles. The van der Waals surface area contributed by atoms with Gasteiger partial charge in [0, 0.05) is 18.5 Å². The Kier molecular flexibility index (Phi) is 4.91. The van der Waals surface area contributed by atoms with Crippen LogP contribution in [0.2, 0.25) is 0 Å². The summed E-state index contributed by atoms with van der Waals surface area (Å²) in [4.78, 5) is 24.2. The number of nitrogens with one attached hydrogen (secondary N) is 1. The Bertz CT molecular complexity index is 817. The molecule has 0 saturated carbocycles. The Balaban J connectivity index is 2.22. The van der Waals surface area contributed by atoms with Gasteiger partial charge in [-0.3, -0.25) is 4.79 Å². The standard InChI is InChI=1S/C15H15FN2O5S/c1-2-7-17-24(22,23)12-5-3-4-11(9-12)13(19)18-8-6-15(16,10-18)14(20)21/h1,3-5,9,17H,6-8,10H2,(H,20,21). The maximum absolute atomic E-state index is 14.1. The van der Waals surface area contributed by atoms with Gasteiger partial charge < -0.3 is 10.0 Å². The molecule has 1 amide bonds. The molecule has 1 heterocycles. The normalized spacial score (nSPS) is 20.6. The largest absolute Gasteiger partial charge is 0.479 e. The lowest BCUT2D eigenvalue weighted by molar-refractivity contribution is -0.149. The molecule has 2 rings (SSSR count). The summed E-state index contributed by atoms with van der Waals surface area (Å²) in [6.07, 6.45) is 4.69. The average Bonchev–Trinajstić information content (AvgIpc) is 2.96. The molecule has 1 fully saturated rings. The molecule has 0 aliphatic carbocycles. The second-order valence-electron chi connectivity index (χ2n) is 5.30. The van der Waals surface area contributed by atoms with Crippen molar-refractivity contribution in [3.8, 4) is 12.3 Å². The smallest absolute Gasteiger partial charge is 0.343 e. The van der Waals surface area contributed by atoms with Gasteiger partial charge in [0.05, 0.1) is 18.0 Å². The maximum Gasteiger partial charge on any atom is 0.343 e. The molecule has 0 spiro atoms. The summed E-state index contributed by atoms with van der Waals surface area (Å²) in [7, 11) is -3.87. The van der Waals surface area contributed by atoms with Gasteiger partial charge in [-0.1, -0.05) is 12.0 Å². The third-order valence-electron chi connectivity index (χ3n) is 3.65. The molecular weight excluding hydrogens is 339 g/mol. The fraction of sp³-hybridized carbons (Fsp3) is 0.333. The van der Waals surface area contributed by atoms with Gasteiger partial charge in [0.25, 0.3) is 5.91 Å². The lowest BCUT2D eigenvalue weighted by Crippen LogP contribution is -2.39. The van der Waals surface area contributed by atoms with Gasteiger partial charge in [-0.25, -0.2) is 17.6 Å². The van der Waals surface area contributed by atoms with Gasteiger partial charge in [-0.15, -0.1) is 6.42 Å². The number of carboxylic acids is 1. The van der Waals surface area contributed by atoms with Crippen molar-refractivity contribution in [2.45, 2.75) is 17.0 Å². The van der Waals surface area contributed by atoms with Crippen LogP contribution in [-0.4, -0.2) is 55.6 Å². The number of carboxylic acid groups (broad SMARTS) is 1. The van der Waals surface area contributed by atoms with Crippen LogP contribution in [0.1, 0.15) is 16.8 Å². The second kappa shape index (κ2) is 6.59. The van der Waals surface area contributed by atoms with E-state index >= 15 is 0 Å². The maximum atomic E-state index is 14.1. The highest BCUT2D eigenvalue weighted by molar-refractivity contribution is 7.89. The molecule has 24 heavy (non-hydrogen) atoms. The van der Waals surface area contributed by atoms with Crippen LogP contribution in [0, 0.1) is 12.3 Å². The predicted molar refractivity (Wildman–Crippen MR) is 82.5 cm³/mol. The van der Waals surface area contributed by atoms with Crippen LogP contribution in [0.5, 0.6) is 0 Å². The Morgan fingerprint density at radius 2 is 2.17 bits per heavy atom. The van der Waals surface area contributed by atoms with Crippen LogP contribution in [-0.2, 0) is 14.8 Å². The minimum atomic E-state index is -3.87. The van der Waals surface area contributed by atoms with E-state index < -0.39 is 34.1 Å². The topological polar surface area (TPSA) is 104 Å². The van der Waals surface area contributed by atoms with Crippen molar-refractivity contribution in [3.63, 3.8) is 0 Å². The van der Waals surface area contributed by atoms with Crippen LogP contribution in [0.15, 0.2) is 29.2 Å². The zero-order chi connectivity index (χ0) is 18.0. The number of nitrogens with zero attached hydrogens (tertiary/aromatic N) is 1. The SMILES string of the molecule is C#CCNS(=O)(=O)c1cccc(C(=O)N2CCC(F)(C(=O)O)C2)c1. The van der Waals surface area contributed by atoms with E-state index in [1.165, 1.54) is 18.2 Å². The number of carbonyl (C=O) groups excluding carboxylic acids is 1. The van der Waals surface area contributed by atoms with Gasteiger partial charge in [-0.05, 0) is 18.2 Å². The van der Waals surface area contributed by atoms with Crippen LogP contribution in [0.25, 0.3) is 0 Å². The number of rotatable bonds is 5. The highest BCUT2D eigenvalue weighted by Gasteiger charge is 2.47. The van der Waals surface area contributed by atoms with E-state index in [1.54, 1.807) is 0 Å². The Morgan fingerprint density at radius 1 is 1.46 bits per heavy atom. The third-order valence-corrected chi connectivity index (χ3v) is 5.04. The van der Waals surface area contributed by atoms with Crippen molar-refractivity contribution in [2.75, 3.05) is 19.6 Å². The number of aliphatic carboxylic acids is 1. The molecule has 9 heteroatoms. The zero-order valence-electron chi connectivity index (χ0n) is 12.5. The number of likely N-dealkylation sites (tertiary alicyclic amines) is 1. The molecule has 1 aliphatic heterocycles. The number of sulfonamides is 1. The van der Waals surface area contributed by atoms with Gasteiger partial charge in [0.1, 0.15) is 0 Å². The van der Waals surface area contributed by atoms with E-state index in [1.807, 2.05) is 0 Å². The van der Waals surface area contributed by atoms with E-state index in [0.717, 1.165) is 11.0 Å². The van der Waals surface area contributed by atoms with Crippen molar-refractivity contribution < 1.29 is 27.5 Å². The molecule has 1 atom stereocenters. The Hall–Kier alpha value is -2.44. The van der Waals surface area contributed by atoms with Crippen molar-refractivity contribution in [1.82, 2.24) is 9.62 Å². The first-order chi connectivity index (χ1) is 11.2. The Labute approximate surface area is 138 Å². The molecule has 2 N–H and O–H groups in total. The predicted octanol–water partition coefficient (Wildman–Crippen LogP) is 0.237. The lowest BCUT2D eigenvalue weighted by atomic mass is 10.1. The van der Waals surface area contributed by atoms with Gasteiger partial charge in [-0.2, -0.15) is 4.72 Å². The van der Waals surface area contributed by atoms with Crippen LogP contribution in [0.3, 0.4) is 0 Å². The first-order valence-electron chi connectivity index (χ1n) is 6.94. The van der Waals surface area contributed by atoms with E-state index in [9.17, 15) is 22.4 Å². The van der Waals surface area contributed by atoms with Crippen molar-refractivity contribution in [2.24, 2.45) is 0 Å². The van der Waals surface area contributed by atoms with Gasteiger partial charge in [0.2, 0.25) is 15.7 Å². The van der Waals surface area contributed by atoms with E-state index in [0.29, 0.717) is 0 Å². The molecule has 0 bridgehead atoms. The third kappa shape index (κ3) is 3.55. The highest BCUT2D eigenvalue weighted by Crippen LogP contribution is 2.27. The summed E-state index contributed by atoms with van der Waals surface area (Å²) in [6, 6.07) is 5.17. The van der Waals surface area contributed by atoms with Crippen molar-refractivity contribution in [1.29, 1.82) is 0 Å². The number of hydrogen-bond acceptors (Lipinski definition) is 4. The van der Waals surface area contributed by atoms with Crippen LogP contribution in [0.4, 0.5) is 4.39 Å². The zero-order valence-corrected chi connectivity index (χ0v) is 13.3. The van der Waals surface area contributed by atoms with Crippen molar-refractivity contribution >= 4 is 21.9 Å². The number of benzene rings is 1. The number of halogens is 1. The summed E-state index contributed by atoms with van der Waals surface area (Å²) < 4.78 is 40.2. The fourth-order valence-electron chi connectivity index (χ4n) is 2.32. The molecule has 1 saturated heterocycles. The first-order valence-corrected chi connectivity index (χ1v) is 8.43. The number of alkyl halides is 1. The molecule has 1 aliphatic rings. The van der Waals surface area contributed by atoms with Gasteiger partial charge in [0.15, 0.2) is 0 Å². The Morgan fingerprint density at radius 3 is 2.75 bits per heavy atom. The molecule has 1 aromatic carbocycles. The van der Waals surface area contributed by atoms with E-state index in [2.05, 4.69) is 10.6 Å². The fourth-order valence-corrected chi connectivity index (χ4v) is 3.30. The summed E-state index contributed by atoms with van der Waals surface area (Å²) in [5, 5.41) is 8.86. The lowest BCUT2D eigenvalue weighted by Gasteiger charge is -2.18. The second-order valence-corrected chi connectivity index (χ2v) is 7.07. The van der Waals surface area contributed by atoms with E-state index in [-0.39, 0.29) is 30.0 Å². The quantitative estimate of drug-likeness (QED) is 0.737. The summed E-state index contributed by atoms with van der Waals surface area (Å²) in [6.45, 7) is -0.836. The number of amides is 1. The first kappa shape index (κ1) is 17.9. The molecule has 1 unspecified atom stereocenters. The molecule has 1 aromatic rings.